The molecule has 0 bridgehead atoms. The number of hydrogen-bond acceptors (Lipinski definition) is 5. The zero-order valence-corrected chi connectivity index (χ0v) is 12.5. The van der Waals surface area contributed by atoms with Crippen LogP contribution < -0.4 is 10.1 Å². The van der Waals surface area contributed by atoms with Crippen LogP contribution in [-0.2, 0) is 16.0 Å². The predicted octanol–water partition coefficient (Wildman–Crippen LogP) is 1.12. The largest absolute Gasteiger partial charge is 0.490 e. The monoisotopic (exact) mass is 283 g/mol. The fraction of sp³-hybridized carbons (Fsp3) is 0.600. The summed E-state index contributed by atoms with van der Waals surface area (Å²) in [7, 11) is 3.51. The zero-order valence-electron chi connectivity index (χ0n) is 12.5. The van der Waals surface area contributed by atoms with Crippen LogP contribution in [0.4, 0.5) is 0 Å². The molecular weight excluding hydrogens is 258 g/mol. The molecule has 0 aliphatic heterocycles. The predicted molar refractivity (Wildman–Crippen MR) is 78.1 cm³/mol. The molecule has 1 aromatic rings. The normalized spacial score (nSPS) is 12.4. The van der Waals surface area contributed by atoms with E-state index in [1.807, 2.05) is 26.1 Å². The fourth-order valence-corrected chi connectivity index (χ4v) is 1.77. The fourth-order valence-electron chi connectivity index (χ4n) is 1.77. The summed E-state index contributed by atoms with van der Waals surface area (Å²) in [5.41, 5.74) is 2.27. The van der Waals surface area contributed by atoms with E-state index in [9.17, 15) is 5.11 Å². The molecule has 2 N–H and O–H groups in total. The van der Waals surface area contributed by atoms with Gasteiger partial charge >= 0.3 is 0 Å². The third-order valence-corrected chi connectivity index (χ3v) is 2.76. The third kappa shape index (κ3) is 6.34. The van der Waals surface area contributed by atoms with Crippen molar-refractivity contribution >= 4 is 0 Å². The van der Waals surface area contributed by atoms with Gasteiger partial charge in [-0.3, -0.25) is 0 Å². The van der Waals surface area contributed by atoms with Crippen LogP contribution in [0.5, 0.6) is 5.75 Å². The van der Waals surface area contributed by atoms with Gasteiger partial charge in [-0.2, -0.15) is 0 Å². The van der Waals surface area contributed by atoms with Gasteiger partial charge in [0.05, 0.1) is 19.8 Å². The molecule has 1 aromatic carbocycles. The topological polar surface area (TPSA) is 60.0 Å². The summed E-state index contributed by atoms with van der Waals surface area (Å²) < 4.78 is 15.8. The van der Waals surface area contributed by atoms with E-state index >= 15 is 0 Å². The molecule has 0 radical (unpaired) electrons. The van der Waals surface area contributed by atoms with Crippen LogP contribution in [0.25, 0.3) is 0 Å². The highest BCUT2D eigenvalue weighted by atomic mass is 16.5. The first-order valence-corrected chi connectivity index (χ1v) is 6.79. The van der Waals surface area contributed by atoms with Crippen molar-refractivity contribution in [1.82, 2.24) is 5.32 Å². The van der Waals surface area contributed by atoms with Crippen LogP contribution in [0.2, 0.25) is 0 Å². The highest BCUT2D eigenvalue weighted by molar-refractivity contribution is 5.36. The summed E-state index contributed by atoms with van der Waals surface area (Å²) in [4.78, 5) is 0. The SMILES string of the molecule is CNCc1cc(C)ccc1OCC(O)COCCOC. The number of ether oxygens (including phenoxy) is 3. The lowest BCUT2D eigenvalue weighted by molar-refractivity contribution is -0.00432. The van der Waals surface area contributed by atoms with E-state index in [-0.39, 0.29) is 13.2 Å². The van der Waals surface area contributed by atoms with Crippen LogP contribution >= 0.6 is 0 Å². The average Bonchev–Trinajstić information content (AvgIpc) is 2.43. The maximum absolute atomic E-state index is 9.78. The molecule has 0 aliphatic carbocycles. The van der Waals surface area contributed by atoms with Crippen molar-refractivity contribution < 1.29 is 19.3 Å². The van der Waals surface area contributed by atoms with E-state index in [1.54, 1.807) is 7.11 Å². The second-order valence-corrected chi connectivity index (χ2v) is 4.67. The molecule has 0 spiro atoms. The lowest BCUT2D eigenvalue weighted by Gasteiger charge is -2.15. The molecule has 0 aromatic heterocycles. The summed E-state index contributed by atoms with van der Waals surface area (Å²) >= 11 is 0. The second-order valence-electron chi connectivity index (χ2n) is 4.67. The summed E-state index contributed by atoms with van der Waals surface area (Å²) in [6.45, 7) is 4.24. The minimum absolute atomic E-state index is 0.215. The minimum atomic E-state index is -0.643. The lowest BCUT2D eigenvalue weighted by Crippen LogP contribution is -2.24. The number of nitrogens with one attached hydrogen (secondary N) is 1. The van der Waals surface area contributed by atoms with Gasteiger partial charge in [0.25, 0.3) is 0 Å². The standard InChI is InChI=1S/C15H25NO4/c1-12-4-5-15(13(8-12)9-16-2)20-11-14(17)10-19-7-6-18-3/h4-5,8,14,16-17H,6-7,9-11H2,1-3H3. The average molecular weight is 283 g/mol. The van der Waals surface area contributed by atoms with Crippen LogP contribution in [0, 0.1) is 6.92 Å². The molecule has 20 heavy (non-hydrogen) atoms. The summed E-state index contributed by atoms with van der Waals surface area (Å²) in [6, 6.07) is 6.00. The molecule has 5 nitrogen and oxygen atoms in total. The number of aryl methyl sites for hydroxylation is 1. The molecule has 1 unspecified atom stereocenters. The first-order valence-electron chi connectivity index (χ1n) is 6.79. The smallest absolute Gasteiger partial charge is 0.123 e. The maximum Gasteiger partial charge on any atom is 0.123 e. The summed E-state index contributed by atoms with van der Waals surface area (Å²) in [6.07, 6.45) is -0.643. The second kappa shape index (κ2) is 9.72. The Morgan fingerprint density at radius 3 is 2.75 bits per heavy atom. The Kier molecular flexibility index (Phi) is 8.22. The molecule has 0 saturated carbocycles. The Morgan fingerprint density at radius 1 is 1.25 bits per heavy atom. The Hall–Kier alpha value is -1.14. The highest BCUT2D eigenvalue weighted by Crippen LogP contribution is 2.20. The van der Waals surface area contributed by atoms with Gasteiger partial charge in [0.15, 0.2) is 0 Å². The van der Waals surface area contributed by atoms with Gasteiger partial charge in [-0.25, -0.2) is 0 Å². The van der Waals surface area contributed by atoms with E-state index in [4.69, 9.17) is 14.2 Å². The minimum Gasteiger partial charge on any atom is -0.490 e. The summed E-state index contributed by atoms with van der Waals surface area (Å²) in [5.74, 6) is 0.792. The molecule has 5 heteroatoms. The van der Waals surface area contributed by atoms with Crippen molar-refractivity contribution in [3.05, 3.63) is 29.3 Å². The van der Waals surface area contributed by atoms with Crippen LogP contribution in [-0.4, -0.2) is 51.8 Å². The van der Waals surface area contributed by atoms with Gasteiger partial charge in [0.1, 0.15) is 18.5 Å². The quantitative estimate of drug-likeness (QED) is 0.630. The van der Waals surface area contributed by atoms with Crippen molar-refractivity contribution in [2.45, 2.75) is 19.6 Å². The third-order valence-electron chi connectivity index (χ3n) is 2.76. The van der Waals surface area contributed by atoms with Crippen molar-refractivity contribution in [1.29, 1.82) is 0 Å². The van der Waals surface area contributed by atoms with Crippen molar-refractivity contribution in [2.75, 3.05) is 40.6 Å². The molecule has 0 saturated heterocycles. The number of rotatable bonds is 10. The van der Waals surface area contributed by atoms with Crippen molar-refractivity contribution in [3.8, 4) is 5.75 Å². The van der Waals surface area contributed by atoms with E-state index < -0.39 is 6.10 Å². The molecule has 114 valence electrons. The lowest BCUT2D eigenvalue weighted by atomic mass is 10.1. The molecule has 0 fully saturated rings. The number of benzene rings is 1. The van der Waals surface area contributed by atoms with Gasteiger partial charge in [0, 0.05) is 19.2 Å². The van der Waals surface area contributed by atoms with Crippen molar-refractivity contribution in [2.24, 2.45) is 0 Å². The van der Waals surface area contributed by atoms with Crippen LogP contribution in [0.1, 0.15) is 11.1 Å². The first kappa shape index (κ1) is 16.9. The van der Waals surface area contributed by atoms with Crippen molar-refractivity contribution in [3.63, 3.8) is 0 Å². The molecular formula is C15H25NO4. The molecule has 0 heterocycles. The highest BCUT2D eigenvalue weighted by Gasteiger charge is 2.08. The van der Waals surface area contributed by atoms with Gasteiger partial charge in [0.2, 0.25) is 0 Å². The molecule has 0 amide bonds. The first-order chi connectivity index (χ1) is 9.67. The van der Waals surface area contributed by atoms with E-state index in [0.717, 1.165) is 17.9 Å². The zero-order chi connectivity index (χ0) is 14.8. The van der Waals surface area contributed by atoms with Gasteiger partial charge in [-0.1, -0.05) is 17.7 Å². The Labute approximate surface area is 120 Å². The number of hydrogen-bond donors (Lipinski definition) is 2. The summed E-state index contributed by atoms with van der Waals surface area (Å²) in [5, 5.41) is 12.9. The number of aliphatic hydroxyl groups excluding tert-OH is 1. The Balaban J connectivity index is 2.40. The molecule has 1 rings (SSSR count). The number of methoxy groups -OCH3 is 1. The van der Waals surface area contributed by atoms with E-state index in [1.165, 1.54) is 5.56 Å². The van der Waals surface area contributed by atoms with Crippen LogP contribution in [0.15, 0.2) is 18.2 Å². The van der Waals surface area contributed by atoms with Crippen LogP contribution in [0.3, 0.4) is 0 Å². The maximum atomic E-state index is 9.78. The Morgan fingerprint density at radius 2 is 2.05 bits per heavy atom. The van der Waals surface area contributed by atoms with E-state index in [2.05, 4.69) is 11.4 Å². The van der Waals surface area contributed by atoms with Gasteiger partial charge in [-0.05, 0) is 20.0 Å². The Bertz CT molecular complexity index is 384. The molecule has 0 aliphatic rings. The van der Waals surface area contributed by atoms with Gasteiger partial charge in [-0.15, -0.1) is 0 Å². The van der Waals surface area contributed by atoms with Gasteiger partial charge < -0.3 is 24.6 Å². The van der Waals surface area contributed by atoms with E-state index in [0.29, 0.717) is 13.2 Å². The molecule has 1 atom stereocenters. The number of aliphatic hydroxyl groups is 1.